The number of hydrogen-bond acceptors (Lipinski definition) is 4. The highest BCUT2D eigenvalue weighted by Gasteiger charge is 2.23. The third-order valence-electron chi connectivity index (χ3n) is 5.03. The van der Waals surface area contributed by atoms with Gasteiger partial charge in [-0.05, 0) is 57.6 Å². The minimum absolute atomic E-state index is 0.00463. The van der Waals surface area contributed by atoms with Crippen LogP contribution in [0.1, 0.15) is 55.6 Å². The summed E-state index contributed by atoms with van der Waals surface area (Å²) in [6.07, 6.45) is 5.43. The predicted octanol–water partition coefficient (Wildman–Crippen LogP) is 2.72. The second-order valence-corrected chi connectivity index (χ2v) is 7.14. The molecule has 0 unspecified atom stereocenters. The third-order valence-corrected chi connectivity index (χ3v) is 5.03. The van der Waals surface area contributed by atoms with Crippen LogP contribution in [0, 0.1) is 18.8 Å². The van der Waals surface area contributed by atoms with Crippen molar-refractivity contribution in [3.63, 3.8) is 0 Å². The molecule has 3 N–H and O–H groups in total. The molecule has 3 rings (SSSR count). The van der Waals surface area contributed by atoms with Gasteiger partial charge in [-0.25, -0.2) is 4.98 Å². The van der Waals surface area contributed by atoms with Crippen LogP contribution in [-0.2, 0) is 11.3 Å². The van der Waals surface area contributed by atoms with E-state index in [1.165, 1.54) is 6.20 Å². The van der Waals surface area contributed by atoms with Gasteiger partial charge >= 0.3 is 5.97 Å². The summed E-state index contributed by atoms with van der Waals surface area (Å²) in [6, 6.07) is 3.42. The quantitative estimate of drug-likeness (QED) is 0.858. The predicted molar refractivity (Wildman–Crippen MR) is 104 cm³/mol. The number of carbonyl (C=O) groups is 2. The number of carboxylic acids is 1. The maximum Gasteiger partial charge on any atom is 0.306 e. The van der Waals surface area contributed by atoms with Crippen LogP contribution in [-0.4, -0.2) is 26.5 Å². The second kappa shape index (κ2) is 8.79. The molecule has 7 heteroatoms. The molecule has 0 radical (unpaired) electrons. The summed E-state index contributed by atoms with van der Waals surface area (Å²) in [6.45, 7) is 6.58. The number of hydrogen-bond donors (Lipinski definition) is 2. The van der Waals surface area contributed by atoms with Crippen LogP contribution >= 0.6 is 0 Å². The molecule has 1 aliphatic carbocycles. The molecule has 0 spiro atoms. The molecule has 1 amide bonds. The SMILES string of the molecule is CC1CCC(C(=O)O)CC1.CCn1cc(C(N)=O)c(=O)c2ccc(C)nc21. The average Bonchev–Trinajstić information content (AvgIpc) is 2.62. The maximum absolute atomic E-state index is 12.0. The molecule has 2 aromatic rings. The van der Waals surface area contributed by atoms with Crippen molar-refractivity contribution < 1.29 is 14.7 Å². The van der Waals surface area contributed by atoms with Crippen molar-refractivity contribution in [3.8, 4) is 0 Å². The van der Waals surface area contributed by atoms with Crippen LogP contribution in [0.5, 0.6) is 0 Å². The lowest BCUT2D eigenvalue weighted by Gasteiger charge is -2.22. The van der Waals surface area contributed by atoms with Gasteiger partial charge in [-0.2, -0.15) is 0 Å². The fourth-order valence-electron chi connectivity index (χ4n) is 3.28. The van der Waals surface area contributed by atoms with Crippen LogP contribution in [0.4, 0.5) is 0 Å². The summed E-state index contributed by atoms with van der Waals surface area (Å²) < 4.78 is 1.75. The number of pyridine rings is 2. The third kappa shape index (κ3) is 4.93. The van der Waals surface area contributed by atoms with Crippen LogP contribution in [0.3, 0.4) is 0 Å². The van der Waals surface area contributed by atoms with Crippen molar-refractivity contribution in [3.05, 3.63) is 39.8 Å². The Balaban J connectivity index is 0.000000223. The number of aliphatic carboxylic acids is 1. The highest BCUT2D eigenvalue weighted by molar-refractivity contribution is 5.95. The van der Waals surface area contributed by atoms with Crippen LogP contribution in [0.25, 0.3) is 11.0 Å². The topological polar surface area (TPSA) is 115 Å². The standard InChI is InChI=1S/C12H13N3O2.C8H14O2/c1-3-15-6-9(11(13)17)10(16)8-5-4-7(2)14-12(8)15;1-6-2-4-7(5-3-6)8(9)10/h4-6H,3H2,1-2H3,(H2,13,17);6-7H,2-5H2,1H3,(H,9,10). The first-order valence-electron chi connectivity index (χ1n) is 9.28. The lowest BCUT2D eigenvalue weighted by atomic mass is 9.83. The zero-order valence-electron chi connectivity index (χ0n) is 16.1. The van der Waals surface area contributed by atoms with E-state index < -0.39 is 11.9 Å². The summed E-state index contributed by atoms with van der Waals surface area (Å²) in [5.41, 5.74) is 6.24. The Morgan fingerprint density at radius 3 is 2.41 bits per heavy atom. The van der Waals surface area contributed by atoms with E-state index >= 15 is 0 Å². The molecule has 1 saturated carbocycles. The number of rotatable bonds is 3. The van der Waals surface area contributed by atoms with Crippen molar-refractivity contribution in [1.29, 1.82) is 0 Å². The van der Waals surface area contributed by atoms with Crippen molar-refractivity contribution in [2.75, 3.05) is 0 Å². The number of nitrogens with zero attached hydrogens (tertiary/aromatic N) is 2. The van der Waals surface area contributed by atoms with E-state index in [1.807, 2.05) is 13.8 Å². The highest BCUT2D eigenvalue weighted by Crippen LogP contribution is 2.28. The van der Waals surface area contributed by atoms with Crippen LogP contribution < -0.4 is 11.2 Å². The van der Waals surface area contributed by atoms with Gasteiger partial charge in [-0.15, -0.1) is 0 Å². The van der Waals surface area contributed by atoms with Gasteiger partial charge in [0.15, 0.2) is 0 Å². The average molecular weight is 373 g/mol. The van der Waals surface area contributed by atoms with Gasteiger partial charge in [-0.3, -0.25) is 14.4 Å². The fraction of sp³-hybridized carbons (Fsp3) is 0.500. The minimum Gasteiger partial charge on any atom is -0.481 e. The molecular formula is C20H27N3O4. The van der Waals surface area contributed by atoms with Gasteiger partial charge in [0.2, 0.25) is 5.43 Å². The monoisotopic (exact) mass is 373 g/mol. The molecule has 27 heavy (non-hydrogen) atoms. The number of carboxylic acid groups (broad SMARTS) is 1. The number of nitrogens with two attached hydrogens (primary N) is 1. The Labute approximate surface area is 158 Å². The Hall–Kier alpha value is -2.70. The first-order chi connectivity index (χ1) is 12.7. The number of aryl methyl sites for hydroxylation is 2. The van der Waals surface area contributed by atoms with Crippen molar-refractivity contribution in [2.24, 2.45) is 17.6 Å². The molecule has 0 saturated heterocycles. The van der Waals surface area contributed by atoms with E-state index in [0.717, 1.165) is 37.3 Å². The van der Waals surface area contributed by atoms with Gasteiger partial charge in [0.05, 0.1) is 11.3 Å². The molecular weight excluding hydrogens is 346 g/mol. The van der Waals surface area contributed by atoms with Gasteiger partial charge < -0.3 is 15.4 Å². The molecule has 1 fully saturated rings. The lowest BCUT2D eigenvalue weighted by molar-refractivity contribution is -0.143. The maximum atomic E-state index is 12.0. The van der Waals surface area contributed by atoms with Crippen LogP contribution in [0.15, 0.2) is 23.1 Å². The number of fused-ring (bicyclic) bond motifs is 1. The van der Waals surface area contributed by atoms with E-state index in [-0.39, 0.29) is 16.9 Å². The smallest absolute Gasteiger partial charge is 0.306 e. The molecule has 1 aliphatic rings. The summed E-state index contributed by atoms with van der Waals surface area (Å²) in [5.74, 6) is -0.613. The normalized spacial score (nSPS) is 19.2. The van der Waals surface area contributed by atoms with Crippen molar-refractivity contribution in [2.45, 2.75) is 53.0 Å². The van der Waals surface area contributed by atoms with Gasteiger partial charge in [0.1, 0.15) is 11.2 Å². The van der Waals surface area contributed by atoms with Crippen LogP contribution in [0.2, 0.25) is 0 Å². The van der Waals surface area contributed by atoms with Crippen molar-refractivity contribution >= 4 is 22.9 Å². The molecule has 2 heterocycles. The zero-order chi connectivity index (χ0) is 20.1. The Kier molecular flexibility index (Phi) is 6.71. The van der Waals surface area contributed by atoms with E-state index in [4.69, 9.17) is 10.8 Å². The molecule has 7 nitrogen and oxygen atoms in total. The minimum atomic E-state index is -0.709. The van der Waals surface area contributed by atoms with Gasteiger partial charge in [0.25, 0.3) is 5.91 Å². The Bertz CT molecular complexity index is 896. The fourth-order valence-corrected chi connectivity index (χ4v) is 3.28. The number of aromatic nitrogens is 2. The molecule has 0 aromatic carbocycles. The summed E-state index contributed by atoms with van der Waals surface area (Å²) in [7, 11) is 0. The van der Waals surface area contributed by atoms with Gasteiger partial charge in [0, 0.05) is 18.4 Å². The highest BCUT2D eigenvalue weighted by atomic mass is 16.4. The molecule has 0 atom stereocenters. The number of amides is 1. The molecule has 2 aromatic heterocycles. The largest absolute Gasteiger partial charge is 0.481 e. The lowest BCUT2D eigenvalue weighted by Crippen LogP contribution is -2.24. The second-order valence-electron chi connectivity index (χ2n) is 7.14. The van der Waals surface area contributed by atoms with E-state index in [2.05, 4.69) is 11.9 Å². The summed E-state index contributed by atoms with van der Waals surface area (Å²) in [5, 5.41) is 9.05. The first-order valence-corrected chi connectivity index (χ1v) is 9.28. The molecule has 146 valence electrons. The van der Waals surface area contributed by atoms with E-state index in [9.17, 15) is 14.4 Å². The Morgan fingerprint density at radius 1 is 1.26 bits per heavy atom. The van der Waals surface area contributed by atoms with Gasteiger partial charge in [-0.1, -0.05) is 6.92 Å². The first kappa shape index (κ1) is 20.6. The van der Waals surface area contributed by atoms with E-state index in [1.54, 1.807) is 16.7 Å². The molecule has 0 aliphatic heterocycles. The summed E-state index contributed by atoms with van der Waals surface area (Å²) in [4.78, 5) is 38.0. The molecule has 0 bridgehead atoms. The van der Waals surface area contributed by atoms with Crippen molar-refractivity contribution in [1.82, 2.24) is 9.55 Å². The van der Waals surface area contributed by atoms with E-state index in [0.29, 0.717) is 17.6 Å². The number of carbonyl (C=O) groups excluding carboxylic acids is 1. The summed E-state index contributed by atoms with van der Waals surface area (Å²) >= 11 is 0. The Morgan fingerprint density at radius 2 is 1.89 bits per heavy atom. The number of primary amides is 1. The zero-order valence-corrected chi connectivity index (χ0v) is 16.1.